The molecule has 0 bridgehead atoms. The van der Waals surface area contributed by atoms with Crippen LogP contribution in [0.3, 0.4) is 0 Å². The maximum Gasteiger partial charge on any atom is 0.315 e. The highest BCUT2D eigenvalue weighted by Gasteiger charge is 2.23. The Bertz CT molecular complexity index is 286. The van der Waals surface area contributed by atoms with Gasteiger partial charge in [-0.3, -0.25) is 4.79 Å². The van der Waals surface area contributed by atoms with E-state index >= 15 is 0 Å². The van der Waals surface area contributed by atoms with Gasteiger partial charge in [0.05, 0.1) is 12.6 Å². The monoisotopic (exact) mass is 241 g/mol. The summed E-state index contributed by atoms with van der Waals surface area (Å²) >= 11 is 0. The molecule has 0 aromatic rings. The van der Waals surface area contributed by atoms with Crippen molar-refractivity contribution in [1.29, 1.82) is 0 Å². The number of ether oxygens (including phenoxy) is 1. The second kappa shape index (κ2) is 5.86. The van der Waals surface area contributed by atoms with Gasteiger partial charge in [-0.1, -0.05) is 0 Å². The summed E-state index contributed by atoms with van der Waals surface area (Å²) in [5.74, 6) is -0.175. The predicted molar refractivity (Wildman–Crippen MR) is 61.5 cm³/mol. The van der Waals surface area contributed by atoms with Crippen molar-refractivity contribution in [2.75, 3.05) is 19.7 Å². The fourth-order valence-corrected chi connectivity index (χ4v) is 1.72. The van der Waals surface area contributed by atoms with E-state index in [2.05, 4.69) is 16.0 Å². The molecule has 0 radical (unpaired) electrons. The minimum absolute atomic E-state index is 0.0191. The zero-order chi connectivity index (χ0) is 12.1. The van der Waals surface area contributed by atoms with Crippen LogP contribution in [0, 0.1) is 0 Å². The minimum atomic E-state index is -0.264. The van der Waals surface area contributed by atoms with E-state index < -0.39 is 0 Å². The zero-order valence-corrected chi connectivity index (χ0v) is 9.83. The molecule has 3 N–H and O–H groups in total. The van der Waals surface area contributed by atoms with Crippen molar-refractivity contribution in [3.8, 4) is 0 Å². The summed E-state index contributed by atoms with van der Waals surface area (Å²) in [7, 11) is 0. The Kier molecular flexibility index (Phi) is 4.19. The quantitative estimate of drug-likeness (QED) is 0.620. The molecule has 0 aromatic heterocycles. The standard InChI is InChI=1S/C11H19N3O3/c15-10(12-6-9-2-1-5-17-9)7-13-11(16)14-8-3-4-8/h8-9H,1-7H2,(H,12,15)(H2,13,14,16). The second-order valence-electron chi connectivity index (χ2n) is 4.54. The number of rotatable bonds is 5. The number of carbonyl (C=O) groups is 2. The molecule has 1 saturated carbocycles. The van der Waals surface area contributed by atoms with E-state index in [0.717, 1.165) is 32.3 Å². The number of urea groups is 1. The summed E-state index contributed by atoms with van der Waals surface area (Å²) in [5, 5.41) is 8.02. The largest absolute Gasteiger partial charge is 0.376 e. The first kappa shape index (κ1) is 12.2. The van der Waals surface area contributed by atoms with E-state index in [0.29, 0.717) is 12.6 Å². The van der Waals surface area contributed by atoms with Crippen molar-refractivity contribution in [3.63, 3.8) is 0 Å². The molecule has 3 amide bonds. The van der Waals surface area contributed by atoms with E-state index in [9.17, 15) is 9.59 Å². The Labute approximate surface area is 100 Å². The molecule has 1 unspecified atom stereocenters. The highest BCUT2D eigenvalue weighted by molar-refractivity contribution is 5.84. The van der Waals surface area contributed by atoms with Crippen molar-refractivity contribution in [1.82, 2.24) is 16.0 Å². The maximum absolute atomic E-state index is 11.4. The van der Waals surface area contributed by atoms with Gasteiger partial charge in [-0.2, -0.15) is 0 Å². The van der Waals surface area contributed by atoms with Crippen LogP contribution in [0.25, 0.3) is 0 Å². The van der Waals surface area contributed by atoms with Gasteiger partial charge >= 0.3 is 6.03 Å². The first-order chi connectivity index (χ1) is 8.24. The van der Waals surface area contributed by atoms with Gasteiger partial charge < -0.3 is 20.7 Å². The molecular weight excluding hydrogens is 222 g/mol. The molecule has 0 spiro atoms. The molecule has 17 heavy (non-hydrogen) atoms. The summed E-state index contributed by atoms with van der Waals surface area (Å²) in [6.07, 6.45) is 4.27. The molecule has 6 heteroatoms. The maximum atomic E-state index is 11.4. The van der Waals surface area contributed by atoms with E-state index in [-0.39, 0.29) is 24.6 Å². The van der Waals surface area contributed by atoms with Crippen LogP contribution in [0.15, 0.2) is 0 Å². The summed E-state index contributed by atoms with van der Waals surface area (Å²) in [5.41, 5.74) is 0. The van der Waals surface area contributed by atoms with Gasteiger partial charge in [0, 0.05) is 19.2 Å². The van der Waals surface area contributed by atoms with Crippen LogP contribution in [0.1, 0.15) is 25.7 Å². The zero-order valence-electron chi connectivity index (χ0n) is 9.83. The second-order valence-corrected chi connectivity index (χ2v) is 4.54. The van der Waals surface area contributed by atoms with Gasteiger partial charge in [0.15, 0.2) is 0 Å². The van der Waals surface area contributed by atoms with Crippen molar-refractivity contribution in [2.45, 2.75) is 37.8 Å². The van der Waals surface area contributed by atoms with Gasteiger partial charge in [0.1, 0.15) is 0 Å². The molecule has 1 heterocycles. The van der Waals surface area contributed by atoms with Crippen LogP contribution >= 0.6 is 0 Å². The first-order valence-electron chi connectivity index (χ1n) is 6.16. The van der Waals surface area contributed by atoms with Gasteiger partial charge in [-0.15, -0.1) is 0 Å². The van der Waals surface area contributed by atoms with Crippen LogP contribution in [-0.4, -0.2) is 43.8 Å². The first-order valence-corrected chi connectivity index (χ1v) is 6.16. The minimum Gasteiger partial charge on any atom is -0.376 e. The normalized spacial score (nSPS) is 23.2. The third kappa shape index (κ3) is 4.60. The van der Waals surface area contributed by atoms with E-state index in [1.54, 1.807) is 0 Å². The molecule has 96 valence electrons. The van der Waals surface area contributed by atoms with Gasteiger partial charge in [-0.05, 0) is 25.7 Å². The molecule has 1 aliphatic heterocycles. The Balaban J connectivity index is 1.51. The predicted octanol–water partition coefficient (Wildman–Crippen LogP) is -0.257. The molecule has 2 rings (SSSR count). The van der Waals surface area contributed by atoms with Crippen LogP contribution in [0.5, 0.6) is 0 Å². The Morgan fingerprint density at radius 2 is 2.00 bits per heavy atom. The van der Waals surface area contributed by atoms with Crippen LogP contribution in [0.4, 0.5) is 4.79 Å². The summed E-state index contributed by atoms with van der Waals surface area (Å²) in [6, 6.07) is 0.0460. The number of nitrogens with one attached hydrogen (secondary N) is 3. The van der Waals surface area contributed by atoms with Crippen molar-refractivity contribution in [2.24, 2.45) is 0 Å². The van der Waals surface area contributed by atoms with Crippen molar-refractivity contribution < 1.29 is 14.3 Å². The molecule has 0 aromatic carbocycles. The highest BCUT2D eigenvalue weighted by atomic mass is 16.5. The lowest BCUT2D eigenvalue weighted by Crippen LogP contribution is -2.44. The average molecular weight is 241 g/mol. The van der Waals surface area contributed by atoms with Crippen LogP contribution in [-0.2, 0) is 9.53 Å². The third-order valence-corrected chi connectivity index (χ3v) is 2.87. The van der Waals surface area contributed by atoms with Crippen molar-refractivity contribution in [3.05, 3.63) is 0 Å². The Hall–Kier alpha value is -1.30. The lowest BCUT2D eigenvalue weighted by Gasteiger charge is -2.11. The molecular formula is C11H19N3O3. The van der Waals surface area contributed by atoms with Crippen LogP contribution < -0.4 is 16.0 Å². The molecule has 6 nitrogen and oxygen atoms in total. The molecule has 2 aliphatic rings. The van der Waals surface area contributed by atoms with Crippen molar-refractivity contribution >= 4 is 11.9 Å². The number of hydrogen-bond donors (Lipinski definition) is 3. The van der Waals surface area contributed by atoms with Gasteiger partial charge in [-0.25, -0.2) is 4.79 Å². The van der Waals surface area contributed by atoms with E-state index in [1.165, 1.54) is 0 Å². The van der Waals surface area contributed by atoms with E-state index in [1.807, 2.05) is 0 Å². The summed E-state index contributed by atoms with van der Waals surface area (Å²) < 4.78 is 5.38. The molecule has 2 fully saturated rings. The molecule has 1 aliphatic carbocycles. The lowest BCUT2D eigenvalue weighted by atomic mass is 10.2. The van der Waals surface area contributed by atoms with E-state index in [4.69, 9.17) is 4.74 Å². The number of amides is 3. The molecule has 1 saturated heterocycles. The Morgan fingerprint density at radius 3 is 2.65 bits per heavy atom. The number of carbonyl (C=O) groups excluding carboxylic acids is 2. The Morgan fingerprint density at radius 1 is 1.18 bits per heavy atom. The highest BCUT2D eigenvalue weighted by Crippen LogP contribution is 2.18. The third-order valence-electron chi connectivity index (χ3n) is 2.87. The van der Waals surface area contributed by atoms with Gasteiger partial charge in [0.25, 0.3) is 0 Å². The SMILES string of the molecule is O=C(CNC(=O)NC1CC1)NCC1CCCO1. The topological polar surface area (TPSA) is 79.5 Å². The fraction of sp³-hybridized carbons (Fsp3) is 0.818. The smallest absolute Gasteiger partial charge is 0.315 e. The summed E-state index contributed by atoms with van der Waals surface area (Å²) in [4.78, 5) is 22.6. The molecule has 1 atom stereocenters. The number of hydrogen-bond acceptors (Lipinski definition) is 3. The van der Waals surface area contributed by atoms with Gasteiger partial charge in [0.2, 0.25) is 5.91 Å². The lowest BCUT2D eigenvalue weighted by molar-refractivity contribution is -0.120. The average Bonchev–Trinajstić information content (AvgIpc) is 2.96. The van der Waals surface area contributed by atoms with Crippen LogP contribution in [0.2, 0.25) is 0 Å². The summed E-state index contributed by atoms with van der Waals surface area (Å²) in [6.45, 7) is 1.33. The fourth-order valence-electron chi connectivity index (χ4n) is 1.72.